The fourth-order valence-corrected chi connectivity index (χ4v) is 2.56. The van der Waals surface area contributed by atoms with Gasteiger partial charge < -0.3 is 14.4 Å². The third-order valence-electron chi connectivity index (χ3n) is 3.59. The highest BCUT2D eigenvalue weighted by atomic mass is 16.5. The summed E-state index contributed by atoms with van der Waals surface area (Å²) >= 11 is 0. The summed E-state index contributed by atoms with van der Waals surface area (Å²) in [6.07, 6.45) is 0. The molecular formula is C16H14BNO3. The first kappa shape index (κ1) is 13.7. The van der Waals surface area contributed by atoms with E-state index in [1.54, 1.807) is 0 Å². The Morgan fingerprint density at radius 2 is 1.90 bits per heavy atom. The van der Waals surface area contributed by atoms with Gasteiger partial charge in [-0.15, -0.1) is 0 Å². The molecule has 21 heavy (non-hydrogen) atoms. The predicted octanol–water partition coefficient (Wildman–Crippen LogP) is 2.86. The lowest BCUT2D eigenvalue weighted by molar-refractivity contribution is 0.275. The molecule has 0 aromatic heterocycles. The summed E-state index contributed by atoms with van der Waals surface area (Å²) < 4.78 is 11.0. The van der Waals surface area contributed by atoms with Crippen LogP contribution >= 0.6 is 0 Å². The van der Waals surface area contributed by atoms with Crippen molar-refractivity contribution in [2.75, 3.05) is 0 Å². The highest BCUT2D eigenvalue weighted by molar-refractivity contribution is 6.61. The van der Waals surface area contributed by atoms with Crippen molar-refractivity contribution >= 4 is 18.3 Å². The lowest BCUT2D eigenvalue weighted by Crippen LogP contribution is -2.27. The van der Waals surface area contributed by atoms with Gasteiger partial charge in [-0.25, -0.2) is 4.85 Å². The summed E-state index contributed by atoms with van der Waals surface area (Å²) in [6.45, 7) is 11.4. The van der Waals surface area contributed by atoms with Crippen molar-refractivity contribution in [3.05, 3.63) is 58.4 Å². The van der Waals surface area contributed by atoms with Crippen molar-refractivity contribution in [3.63, 3.8) is 0 Å². The number of hydrogen-bond donors (Lipinski definition) is 1. The maximum absolute atomic E-state index is 9.60. The Bertz CT molecular complexity index is 729. The molecule has 0 bridgehead atoms. The normalized spacial score (nSPS) is 13.0. The number of nitrogens with zero attached hydrogens (tertiary/aromatic N) is 1. The first-order valence-electron chi connectivity index (χ1n) is 6.67. The second kappa shape index (κ2) is 5.25. The van der Waals surface area contributed by atoms with E-state index in [2.05, 4.69) is 4.85 Å². The van der Waals surface area contributed by atoms with Crippen LogP contribution in [0.4, 0.5) is 5.69 Å². The van der Waals surface area contributed by atoms with E-state index in [4.69, 9.17) is 16.0 Å². The van der Waals surface area contributed by atoms with Gasteiger partial charge in [0, 0.05) is 0 Å². The fourth-order valence-electron chi connectivity index (χ4n) is 2.56. The number of hydrogen-bond acceptors (Lipinski definition) is 3. The molecule has 1 N–H and O–H groups in total. The van der Waals surface area contributed by atoms with Crippen LogP contribution in [-0.2, 0) is 11.3 Å². The molecule has 0 saturated heterocycles. The van der Waals surface area contributed by atoms with Crippen LogP contribution in [0, 0.1) is 20.4 Å². The maximum atomic E-state index is 9.60. The third-order valence-corrected chi connectivity index (χ3v) is 3.59. The standard InChI is InChI=1S/C16H14BNO3/c1-10-6-14(7-11(2)16(10)18-3)21-13-4-5-15-12(8-13)9-20-17(15)19/h4-8,19H,9H2,1-2H3. The summed E-state index contributed by atoms with van der Waals surface area (Å²) in [5, 5.41) is 9.60. The van der Waals surface area contributed by atoms with Crippen molar-refractivity contribution in [1.82, 2.24) is 0 Å². The average Bonchev–Trinajstić information content (AvgIpc) is 2.80. The highest BCUT2D eigenvalue weighted by Gasteiger charge is 2.27. The van der Waals surface area contributed by atoms with Gasteiger partial charge in [-0.1, -0.05) is 6.07 Å². The molecule has 4 nitrogen and oxygen atoms in total. The van der Waals surface area contributed by atoms with E-state index in [-0.39, 0.29) is 0 Å². The number of fused-ring (bicyclic) bond motifs is 1. The molecule has 5 heteroatoms. The van der Waals surface area contributed by atoms with E-state index in [0.717, 1.165) is 22.2 Å². The van der Waals surface area contributed by atoms with Gasteiger partial charge in [0.15, 0.2) is 5.69 Å². The third kappa shape index (κ3) is 2.51. The lowest BCUT2D eigenvalue weighted by Gasteiger charge is -2.10. The maximum Gasteiger partial charge on any atom is 0.491 e. The smallest absolute Gasteiger partial charge is 0.457 e. The Morgan fingerprint density at radius 3 is 2.57 bits per heavy atom. The van der Waals surface area contributed by atoms with Gasteiger partial charge >= 0.3 is 7.12 Å². The van der Waals surface area contributed by atoms with Gasteiger partial charge in [0.1, 0.15) is 11.5 Å². The summed E-state index contributed by atoms with van der Waals surface area (Å²) in [7, 11) is -0.837. The zero-order chi connectivity index (χ0) is 15.0. The molecule has 0 radical (unpaired) electrons. The monoisotopic (exact) mass is 279 g/mol. The molecule has 0 amide bonds. The van der Waals surface area contributed by atoms with E-state index in [9.17, 15) is 5.02 Å². The second-order valence-corrected chi connectivity index (χ2v) is 5.14. The Hall–Kier alpha value is -2.29. The van der Waals surface area contributed by atoms with Crippen molar-refractivity contribution in [2.45, 2.75) is 20.5 Å². The predicted molar refractivity (Wildman–Crippen MR) is 81.1 cm³/mol. The van der Waals surface area contributed by atoms with Gasteiger partial charge in [0.05, 0.1) is 13.2 Å². The first-order valence-corrected chi connectivity index (χ1v) is 6.67. The van der Waals surface area contributed by atoms with E-state index >= 15 is 0 Å². The molecule has 0 aliphatic carbocycles. The minimum atomic E-state index is -0.837. The van der Waals surface area contributed by atoms with E-state index in [1.807, 2.05) is 44.2 Å². The van der Waals surface area contributed by atoms with Gasteiger partial charge in [0.25, 0.3) is 0 Å². The molecule has 0 atom stereocenters. The second-order valence-electron chi connectivity index (χ2n) is 5.14. The quantitative estimate of drug-likeness (QED) is 0.679. The number of ether oxygens (including phenoxy) is 1. The van der Waals surface area contributed by atoms with E-state index in [1.165, 1.54) is 0 Å². The Morgan fingerprint density at radius 1 is 1.19 bits per heavy atom. The van der Waals surface area contributed by atoms with Crippen LogP contribution in [0.15, 0.2) is 30.3 Å². The molecule has 0 saturated carbocycles. The van der Waals surface area contributed by atoms with E-state index in [0.29, 0.717) is 23.8 Å². The van der Waals surface area contributed by atoms with Crippen molar-refractivity contribution < 1.29 is 14.4 Å². The topological polar surface area (TPSA) is 43.0 Å². The summed E-state index contributed by atoms with van der Waals surface area (Å²) in [5.74, 6) is 1.40. The zero-order valence-corrected chi connectivity index (χ0v) is 11.9. The SMILES string of the molecule is [C-]#[N+]c1c(C)cc(Oc2ccc3c(c2)COB3O)cc1C. The van der Waals surface area contributed by atoms with Crippen LogP contribution in [-0.4, -0.2) is 12.1 Å². The molecule has 3 rings (SSSR count). The van der Waals surface area contributed by atoms with Gasteiger partial charge in [-0.3, -0.25) is 0 Å². The molecule has 1 aliphatic rings. The number of aryl methyl sites for hydroxylation is 2. The Kier molecular flexibility index (Phi) is 3.42. The average molecular weight is 279 g/mol. The Balaban J connectivity index is 1.90. The van der Waals surface area contributed by atoms with Crippen molar-refractivity contribution in [2.24, 2.45) is 0 Å². The molecule has 0 spiro atoms. The van der Waals surface area contributed by atoms with Crippen LogP contribution in [0.3, 0.4) is 0 Å². The van der Waals surface area contributed by atoms with Crippen LogP contribution in [0.5, 0.6) is 11.5 Å². The lowest BCUT2D eigenvalue weighted by atomic mass is 9.80. The van der Waals surface area contributed by atoms with Crippen LogP contribution in [0.1, 0.15) is 16.7 Å². The largest absolute Gasteiger partial charge is 0.491 e. The first-order chi connectivity index (χ1) is 10.1. The number of benzene rings is 2. The van der Waals surface area contributed by atoms with Crippen LogP contribution < -0.4 is 10.2 Å². The van der Waals surface area contributed by atoms with Gasteiger partial charge in [0.2, 0.25) is 0 Å². The Labute approximate surface area is 123 Å². The molecule has 2 aromatic rings. The van der Waals surface area contributed by atoms with E-state index < -0.39 is 7.12 Å². The molecule has 104 valence electrons. The molecule has 1 aliphatic heterocycles. The fraction of sp³-hybridized carbons (Fsp3) is 0.188. The zero-order valence-electron chi connectivity index (χ0n) is 11.9. The summed E-state index contributed by atoms with van der Waals surface area (Å²) in [6, 6.07) is 9.22. The minimum absolute atomic E-state index is 0.391. The summed E-state index contributed by atoms with van der Waals surface area (Å²) in [4.78, 5) is 3.52. The molecular weight excluding hydrogens is 265 g/mol. The van der Waals surface area contributed by atoms with Gasteiger partial charge in [-0.2, -0.15) is 0 Å². The van der Waals surface area contributed by atoms with Crippen molar-refractivity contribution in [3.8, 4) is 11.5 Å². The minimum Gasteiger partial charge on any atom is -0.457 e. The number of rotatable bonds is 2. The summed E-state index contributed by atoms with van der Waals surface area (Å²) in [5.41, 5.74) is 4.21. The highest BCUT2D eigenvalue weighted by Crippen LogP contribution is 2.31. The molecule has 2 aromatic carbocycles. The van der Waals surface area contributed by atoms with Gasteiger partial charge in [-0.05, 0) is 60.3 Å². The van der Waals surface area contributed by atoms with Crippen molar-refractivity contribution in [1.29, 1.82) is 0 Å². The molecule has 0 fully saturated rings. The van der Waals surface area contributed by atoms with Crippen LogP contribution in [0.25, 0.3) is 4.85 Å². The molecule has 0 unspecified atom stereocenters. The van der Waals surface area contributed by atoms with Crippen LogP contribution in [0.2, 0.25) is 0 Å². The molecule has 1 heterocycles.